The van der Waals surface area contributed by atoms with Gasteiger partial charge in [0, 0.05) is 33.4 Å². The first-order valence-corrected chi connectivity index (χ1v) is 7.38. The van der Waals surface area contributed by atoms with Crippen molar-refractivity contribution in [3.05, 3.63) is 23.9 Å². The van der Waals surface area contributed by atoms with Crippen molar-refractivity contribution < 1.29 is 14.3 Å². The van der Waals surface area contributed by atoms with Crippen LogP contribution in [0.4, 0.5) is 5.82 Å². The summed E-state index contributed by atoms with van der Waals surface area (Å²) in [6.07, 6.45) is 1.64. The Morgan fingerprint density at radius 3 is 3.00 bits per heavy atom. The highest BCUT2D eigenvalue weighted by atomic mass is 16.5. The van der Waals surface area contributed by atoms with Crippen LogP contribution in [0.1, 0.15) is 10.4 Å². The molecule has 0 unspecified atom stereocenters. The van der Waals surface area contributed by atoms with Crippen molar-refractivity contribution in [3.8, 4) is 0 Å². The number of carbonyl (C=O) groups excluding carboxylic acids is 2. The summed E-state index contributed by atoms with van der Waals surface area (Å²) in [6, 6.07) is 3.40. The second-order valence-corrected chi connectivity index (χ2v) is 5.70. The Labute approximate surface area is 129 Å². The van der Waals surface area contributed by atoms with Crippen LogP contribution in [-0.2, 0) is 9.53 Å². The first-order valence-electron chi connectivity index (χ1n) is 7.38. The second kappa shape index (κ2) is 5.92. The number of aromatic nitrogens is 1. The quantitative estimate of drug-likeness (QED) is 0.836. The number of hydrogen-bond acceptors (Lipinski definition) is 5. The Kier molecular flexibility index (Phi) is 3.98. The third-order valence-electron chi connectivity index (χ3n) is 4.31. The van der Waals surface area contributed by atoms with Crippen LogP contribution in [0.25, 0.3) is 0 Å². The molecule has 1 aromatic rings. The summed E-state index contributed by atoms with van der Waals surface area (Å²) in [7, 11) is 3.52. The lowest BCUT2D eigenvalue weighted by atomic mass is 10.1. The van der Waals surface area contributed by atoms with Gasteiger partial charge >= 0.3 is 0 Å². The molecule has 2 aliphatic heterocycles. The summed E-state index contributed by atoms with van der Waals surface area (Å²) in [4.78, 5) is 32.8. The first-order chi connectivity index (χ1) is 10.6. The molecule has 7 nitrogen and oxygen atoms in total. The average molecular weight is 304 g/mol. The topological polar surface area (TPSA) is 74.8 Å². The van der Waals surface area contributed by atoms with Gasteiger partial charge in [-0.25, -0.2) is 4.98 Å². The van der Waals surface area contributed by atoms with Crippen molar-refractivity contribution in [2.75, 3.05) is 45.7 Å². The van der Waals surface area contributed by atoms with Gasteiger partial charge in [-0.05, 0) is 12.1 Å². The van der Waals surface area contributed by atoms with Crippen LogP contribution in [0, 0.1) is 5.92 Å². The van der Waals surface area contributed by atoms with E-state index >= 15 is 0 Å². The molecule has 2 saturated heterocycles. The van der Waals surface area contributed by atoms with Crippen molar-refractivity contribution in [3.63, 3.8) is 0 Å². The molecule has 0 spiro atoms. The smallest absolute Gasteiger partial charge is 0.257 e. The number of nitrogens with one attached hydrogen (secondary N) is 1. The molecule has 2 atom stereocenters. The molecule has 7 heteroatoms. The molecule has 2 bridgehead atoms. The molecule has 0 aromatic carbocycles. The van der Waals surface area contributed by atoms with Crippen molar-refractivity contribution in [1.29, 1.82) is 0 Å². The highest BCUT2D eigenvalue weighted by molar-refractivity contribution is 5.99. The summed E-state index contributed by atoms with van der Waals surface area (Å²) >= 11 is 0. The fraction of sp³-hybridized carbons (Fsp3) is 0.533. The molecular weight excluding hydrogens is 284 g/mol. The van der Waals surface area contributed by atoms with Crippen LogP contribution in [0.5, 0.6) is 0 Å². The predicted octanol–water partition coefficient (Wildman–Crippen LogP) is 0.0525. The lowest BCUT2D eigenvalue weighted by Crippen LogP contribution is -2.45. The standard InChI is InChI=1S/C15H20N4O3/c1-16-13-12(4-3-5-17-13)15(21)19-6-10-8-22-9-11(7-19)18(2)14(10)20/h3-5,10-11H,6-9H2,1-2H3,(H,16,17)/t10-,11+/m1/s1. The third-order valence-corrected chi connectivity index (χ3v) is 4.31. The molecule has 2 amide bonds. The Hall–Kier alpha value is -2.15. The highest BCUT2D eigenvalue weighted by Crippen LogP contribution is 2.22. The zero-order valence-electron chi connectivity index (χ0n) is 12.8. The molecule has 1 aromatic heterocycles. The van der Waals surface area contributed by atoms with E-state index in [1.807, 2.05) is 0 Å². The van der Waals surface area contributed by atoms with Crippen LogP contribution >= 0.6 is 0 Å². The van der Waals surface area contributed by atoms with E-state index < -0.39 is 0 Å². The number of fused-ring (bicyclic) bond motifs is 3. The van der Waals surface area contributed by atoms with E-state index in [9.17, 15) is 9.59 Å². The summed E-state index contributed by atoms with van der Waals surface area (Å²) in [5.41, 5.74) is 0.529. The van der Waals surface area contributed by atoms with Crippen molar-refractivity contribution in [1.82, 2.24) is 14.8 Å². The Morgan fingerprint density at radius 2 is 2.23 bits per heavy atom. The van der Waals surface area contributed by atoms with Crippen LogP contribution in [-0.4, -0.2) is 73.0 Å². The van der Waals surface area contributed by atoms with Crippen LogP contribution in [0.15, 0.2) is 18.3 Å². The molecule has 1 N–H and O–H groups in total. The van der Waals surface area contributed by atoms with Crippen molar-refractivity contribution in [2.24, 2.45) is 5.92 Å². The van der Waals surface area contributed by atoms with E-state index in [2.05, 4.69) is 10.3 Å². The summed E-state index contributed by atoms with van der Waals surface area (Å²) in [6.45, 7) is 1.70. The van der Waals surface area contributed by atoms with Crippen LogP contribution in [0.2, 0.25) is 0 Å². The number of likely N-dealkylation sites (N-methyl/N-ethyl adjacent to an activating group) is 1. The number of pyridine rings is 1. The fourth-order valence-electron chi connectivity index (χ4n) is 3.01. The SMILES string of the molecule is CNc1ncccc1C(=O)N1C[C@@H]2COC[C@H](C1)N(C)C2=O. The number of nitrogens with zero attached hydrogens (tertiary/aromatic N) is 3. The zero-order valence-corrected chi connectivity index (χ0v) is 12.8. The lowest BCUT2D eigenvalue weighted by molar-refractivity contribution is -0.133. The zero-order chi connectivity index (χ0) is 15.7. The van der Waals surface area contributed by atoms with E-state index in [0.29, 0.717) is 37.7 Å². The van der Waals surface area contributed by atoms with Gasteiger partial charge < -0.3 is 19.9 Å². The maximum Gasteiger partial charge on any atom is 0.257 e. The molecule has 0 saturated carbocycles. The molecule has 3 heterocycles. The molecule has 0 radical (unpaired) electrons. The monoisotopic (exact) mass is 304 g/mol. The van der Waals surface area contributed by atoms with Gasteiger partial charge in [-0.3, -0.25) is 9.59 Å². The van der Waals surface area contributed by atoms with Gasteiger partial charge in [0.05, 0.1) is 30.7 Å². The molecule has 0 aliphatic carbocycles. The van der Waals surface area contributed by atoms with Crippen LogP contribution in [0.3, 0.4) is 0 Å². The van der Waals surface area contributed by atoms with E-state index in [1.54, 1.807) is 42.2 Å². The maximum atomic E-state index is 12.9. The minimum absolute atomic E-state index is 0.0535. The van der Waals surface area contributed by atoms with E-state index in [-0.39, 0.29) is 23.8 Å². The number of rotatable bonds is 2. The van der Waals surface area contributed by atoms with Gasteiger partial charge in [0.25, 0.3) is 5.91 Å². The normalized spacial score (nSPS) is 24.9. The summed E-state index contributed by atoms with van der Waals surface area (Å²) in [5.74, 6) is 0.212. The molecule has 3 rings (SSSR count). The minimum Gasteiger partial charge on any atom is -0.378 e. The van der Waals surface area contributed by atoms with Gasteiger partial charge in [0.1, 0.15) is 5.82 Å². The Bertz CT molecular complexity index is 592. The van der Waals surface area contributed by atoms with Gasteiger partial charge in [0.2, 0.25) is 5.91 Å². The number of hydrogen-bond donors (Lipinski definition) is 1. The largest absolute Gasteiger partial charge is 0.378 e. The fourth-order valence-corrected chi connectivity index (χ4v) is 3.01. The van der Waals surface area contributed by atoms with Gasteiger partial charge in [-0.1, -0.05) is 0 Å². The third kappa shape index (κ3) is 2.52. The van der Waals surface area contributed by atoms with Crippen molar-refractivity contribution >= 4 is 17.6 Å². The predicted molar refractivity (Wildman–Crippen MR) is 80.6 cm³/mol. The van der Waals surface area contributed by atoms with E-state index in [1.165, 1.54) is 0 Å². The van der Waals surface area contributed by atoms with E-state index in [0.717, 1.165) is 0 Å². The minimum atomic E-state index is -0.295. The molecule has 2 aliphatic rings. The summed E-state index contributed by atoms with van der Waals surface area (Å²) in [5, 5.41) is 2.94. The lowest BCUT2D eigenvalue weighted by Gasteiger charge is -2.29. The van der Waals surface area contributed by atoms with Crippen LogP contribution < -0.4 is 5.32 Å². The number of anilines is 1. The molecule has 2 fully saturated rings. The number of carbonyl (C=O) groups is 2. The Balaban J connectivity index is 1.89. The maximum absolute atomic E-state index is 12.9. The summed E-state index contributed by atoms with van der Waals surface area (Å²) < 4.78 is 5.56. The highest BCUT2D eigenvalue weighted by Gasteiger charge is 2.39. The molecule has 118 valence electrons. The average Bonchev–Trinajstić information content (AvgIpc) is 2.72. The van der Waals surface area contributed by atoms with Crippen molar-refractivity contribution in [2.45, 2.75) is 6.04 Å². The van der Waals surface area contributed by atoms with Gasteiger partial charge in [0.15, 0.2) is 0 Å². The van der Waals surface area contributed by atoms with Gasteiger partial charge in [-0.15, -0.1) is 0 Å². The number of ether oxygens (including phenoxy) is 1. The molecule has 22 heavy (non-hydrogen) atoms. The van der Waals surface area contributed by atoms with E-state index in [4.69, 9.17) is 4.74 Å². The van der Waals surface area contributed by atoms with Gasteiger partial charge in [-0.2, -0.15) is 0 Å². The number of amides is 2. The Morgan fingerprint density at radius 1 is 1.41 bits per heavy atom. The second-order valence-electron chi connectivity index (χ2n) is 5.70. The first kappa shape index (κ1) is 14.8. The molecular formula is C15H20N4O3.